The highest BCUT2D eigenvalue weighted by molar-refractivity contribution is 7.98. The first-order valence-corrected chi connectivity index (χ1v) is 4.61. The van der Waals surface area contributed by atoms with Gasteiger partial charge in [0.1, 0.15) is 0 Å². The fourth-order valence-electron chi connectivity index (χ4n) is 0.546. The molecule has 0 rings (SSSR count). The Bertz CT molecular complexity index is 46.3. The molecule has 0 radical (unpaired) electrons. The van der Waals surface area contributed by atoms with Crippen molar-refractivity contribution in [2.24, 2.45) is 0 Å². The van der Waals surface area contributed by atoms with Crippen molar-refractivity contribution in [3.8, 4) is 0 Å². The third-order valence-electron chi connectivity index (χ3n) is 0.991. The molecule has 0 aromatic rings. The summed E-state index contributed by atoms with van der Waals surface area (Å²) in [5.74, 6) is 1.21. The van der Waals surface area contributed by atoms with Gasteiger partial charge < -0.3 is 10.4 Å². The number of hydrogen-bond acceptors (Lipinski definition) is 3. The highest BCUT2D eigenvalue weighted by Crippen LogP contribution is 1.92. The van der Waals surface area contributed by atoms with Crippen molar-refractivity contribution in [2.45, 2.75) is 6.42 Å². The largest absolute Gasteiger partial charge is 0.395 e. The summed E-state index contributed by atoms with van der Waals surface area (Å²) in [6, 6.07) is 0. The molecule has 0 aromatic carbocycles. The van der Waals surface area contributed by atoms with E-state index in [0.717, 1.165) is 13.1 Å². The minimum atomic E-state index is 0.249. The van der Waals surface area contributed by atoms with E-state index < -0.39 is 0 Å². The van der Waals surface area contributed by atoms with Crippen LogP contribution in [0.25, 0.3) is 0 Å². The minimum Gasteiger partial charge on any atom is -0.395 e. The Balaban J connectivity index is 2.60. The molecule has 0 aromatic heterocycles. The smallest absolute Gasteiger partial charge is 0.0555 e. The zero-order valence-corrected chi connectivity index (χ0v) is 6.71. The van der Waals surface area contributed by atoms with Gasteiger partial charge in [-0.2, -0.15) is 11.8 Å². The van der Waals surface area contributed by atoms with Crippen LogP contribution in [-0.2, 0) is 0 Å². The molecule has 0 unspecified atom stereocenters. The third-order valence-corrected chi connectivity index (χ3v) is 1.69. The number of hydrogen-bond donors (Lipinski definition) is 2. The summed E-state index contributed by atoms with van der Waals surface area (Å²) >= 11 is 1.86. The van der Waals surface area contributed by atoms with Gasteiger partial charge >= 0.3 is 0 Å². The van der Waals surface area contributed by atoms with Crippen molar-refractivity contribution < 1.29 is 5.11 Å². The molecule has 0 atom stereocenters. The van der Waals surface area contributed by atoms with E-state index in [1.165, 1.54) is 12.2 Å². The first kappa shape index (κ1) is 9.27. The van der Waals surface area contributed by atoms with E-state index in [2.05, 4.69) is 11.6 Å². The van der Waals surface area contributed by atoms with Crippen molar-refractivity contribution in [3.05, 3.63) is 0 Å². The van der Waals surface area contributed by atoms with Crippen molar-refractivity contribution in [3.63, 3.8) is 0 Å². The molecule has 0 fully saturated rings. The summed E-state index contributed by atoms with van der Waals surface area (Å²) < 4.78 is 0. The van der Waals surface area contributed by atoms with Crippen LogP contribution in [0.3, 0.4) is 0 Å². The van der Waals surface area contributed by atoms with Gasteiger partial charge in [0.2, 0.25) is 0 Å². The molecule has 2 nitrogen and oxygen atoms in total. The highest BCUT2D eigenvalue weighted by Gasteiger charge is 1.84. The number of aliphatic hydroxyl groups is 1. The van der Waals surface area contributed by atoms with Crippen LogP contribution in [0.2, 0.25) is 0 Å². The number of thioether (sulfide) groups is 1. The van der Waals surface area contributed by atoms with E-state index in [1.54, 1.807) is 0 Å². The summed E-state index contributed by atoms with van der Waals surface area (Å²) in [6.07, 6.45) is 3.30. The van der Waals surface area contributed by atoms with Crippen molar-refractivity contribution in [1.29, 1.82) is 0 Å². The molecular formula is C6H15NOS. The monoisotopic (exact) mass is 149 g/mol. The Labute approximate surface area is 61.0 Å². The number of aliphatic hydroxyl groups excluding tert-OH is 1. The lowest BCUT2D eigenvalue weighted by Gasteiger charge is -1.99. The van der Waals surface area contributed by atoms with E-state index in [4.69, 9.17) is 5.11 Å². The Hall–Kier alpha value is 0.270. The quantitative estimate of drug-likeness (QED) is 0.534. The minimum absolute atomic E-state index is 0.249. The van der Waals surface area contributed by atoms with Crippen LogP contribution in [0.1, 0.15) is 6.42 Å². The van der Waals surface area contributed by atoms with Crippen LogP contribution >= 0.6 is 11.8 Å². The average molecular weight is 149 g/mol. The van der Waals surface area contributed by atoms with Gasteiger partial charge in [-0.15, -0.1) is 0 Å². The van der Waals surface area contributed by atoms with E-state index >= 15 is 0 Å². The van der Waals surface area contributed by atoms with Crippen molar-refractivity contribution >= 4 is 11.8 Å². The van der Waals surface area contributed by atoms with Gasteiger partial charge in [-0.05, 0) is 25.0 Å². The average Bonchev–Trinajstić information content (AvgIpc) is 1.89. The first-order valence-electron chi connectivity index (χ1n) is 3.22. The van der Waals surface area contributed by atoms with Crippen LogP contribution < -0.4 is 5.32 Å². The van der Waals surface area contributed by atoms with E-state index in [1.807, 2.05) is 11.8 Å². The molecule has 0 bridgehead atoms. The lowest BCUT2D eigenvalue weighted by atomic mass is 10.5. The van der Waals surface area contributed by atoms with Crippen LogP contribution in [0.5, 0.6) is 0 Å². The predicted octanol–water partition coefficient (Wildman–Crippen LogP) is 0.321. The maximum absolute atomic E-state index is 8.36. The van der Waals surface area contributed by atoms with Gasteiger partial charge in [0, 0.05) is 6.54 Å². The second-order valence-corrected chi connectivity index (χ2v) is 2.81. The Morgan fingerprint density at radius 1 is 1.44 bits per heavy atom. The molecule has 2 N–H and O–H groups in total. The topological polar surface area (TPSA) is 32.3 Å². The standard InChI is InChI=1S/C6H15NOS/c1-9-6-2-3-7-4-5-8/h7-8H,2-6H2,1H3. The maximum Gasteiger partial charge on any atom is 0.0555 e. The molecule has 0 aliphatic heterocycles. The van der Waals surface area contributed by atoms with Gasteiger partial charge in [-0.25, -0.2) is 0 Å². The molecule has 56 valence electrons. The predicted molar refractivity (Wildman–Crippen MR) is 43.0 cm³/mol. The van der Waals surface area contributed by atoms with Crippen molar-refractivity contribution in [2.75, 3.05) is 31.7 Å². The lowest BCUT2D eigenvalue weighted by Crippen LogP contribution is -2.19. The molecular weight excluding hydrogens is 134 g/mol. The summed E-state index contributed by atoms with van der Waals surface area (Å²) in [5, 5.41) is 11.5. The lowest BCUT2D eigenvalue weighted by molar-refractivity contribution is 0.292. The fourth-order valence-corrected chi connectivity index (χ4v) is 0.979. The summed E-state index contributed by atoms with van der Waals surface area (Å²) in [7, 11) is 0. The SMILES string of the molecule is CSCCCNCCO. The third kappa shape index (κ3) is 8.27. The van der Waals surface area contributed by atoms with Crippen LogP contribution in [0, 0.1) is 0 Å². The second-order valence-electron chi connectivity index (χ2n) is 1.82. The summed E-state index contributed by atoms with van der Waals surface area (Å²) in [4.78, 5) is 0. The molecule has 0 saturated heterocycles. The number of nitrogens with one attached hydrogen (secondary N) is 1. The molecule has 3 heteroatoms. The van der Waals surface area contributed by atoms with Crippen molar-refractivity contribution in [1.82, 2.24) is 5.32 Å². The van der Waals surface area contributed by atoms with Crippen LogP contribution in [-0.4, -0.2) is 36.8 Å². The van der Waals surface area contributed by atoms with Gasteiger partial charge in [0.15, 0.2) is 0 Å². The van der Waals surface area contributed by atoms with Gasteiger partial charge in [-0.3, -0.25) is 0 Å². The van der Waals surface area contributed by atoms with Crippen LogP contribution in [0.15, 0.2) is 0 Å². The number of rotatable bonds is 6. The zero-order chi connectivity index (χ0) is 6.95. The Morgan fingerprint density at radius 2 is 2.22 bits per heavy atom. The van der Waals surface area contributed by atoms with E-state index in [9.17, 15) is 0 Å². The van der Waals surface area contributed by atoms with Gasteiger partial charge in [0.25, 0.3) is 0 Å². The first-order chi connectivity index (χ1) is 4.41. The van der Waals surface area contributed by atoms with Crippen LogP contribution in [0.4, 0.5) is 0 Å². The molecule has 0 heterocycles. The fraction of sp³-hybridized carbons (Fsp3) is 1.00. The second kappa shape index (κ2) is 8.27. The highest BCUT2D eigenvalue weighted by atomic mass is 32.2. The molecule has 0 aliphatic carbocycles. The zero-order valence-electron chi connectivity index (χ0n) is 5.89. The molecule has 0 amide bonds. The molecule has 0 spiro atoms. The normalized spacial score (nSPS) is 10.0. The van der Waals surface area contributed by atoms with E-state index in [0.29, 0.717) is 0 Å². The molecule has 0 saturated carbocycles. The summed E-state index contributed by atoms with van der Waals surface area (Å²) in [5.41, 5.74) is 0. The van der Waals surface area contributed by atoms with Gasteiger partial charge in [0.05, 0.1) is 6.61 Å². The maximum atomic E-state index is 8.36. The summed E-state index contributed by atoms with van der Waals surface area (Å²) in [6.45, 7) is 2.01. The Morgan fingerprint density at radius 3 is 2.78 bits per heavy atom. The Kier molecular flexibility index (Phi) is 8.52. The molecule has 9 heavy (non-hydrogen) atoms. The van der Waals surface area contributed by atoms with E-state index in [-0.39, 0.29) is 6.61 Å². The van der Waals surface area contributed by atoms with Gasteiger partial charge in [-0.1, -0.05) is 0 Å². The molecule has 0 aliphatic rings.